The van der Waals surface area contributed by atoms with Gasteiger partial charge in [0.15, 0.2) is 17.3 Å². The normalized spacial score (nSPS) is 22.8. The van der Waals surface area contributed by atoms with Crippen molar-refractivity contribution in [2.45, 2.75) is 19.4 Å². The molecule has 1 fully saturated rings. The van der Waals surface area contributed by atoms with E-state index in [2.05, 4.69) is 0 Å². The molecule has 1 aromatic carbocycles. The first kappa shape index (κ1) is 13.7. The maximum absolute atomic E-state index is 13.9. The van der Waals surface area contributed by atoms with Crippen molar-refractivity contribution in [1.29, 1.82) is 0 Å². The van der Waals surface area contributed by atoms with Crippen LogP contribution in [-0.2, 0) is 0 Å². The number of aliphatic hydroxyl groups excluding tert-OH is 1. The lowest BCUT2D eigenvalue weighted by Gasteiger charge is -2.27. The number of nitro benzene ring substituents is 1. The number of aliphatic hydroxyl groups is 1. The van der Waals surface area contributed by atoms with Crippen molar-refractivity contribution in [2.24, 2.45) is 5.92 Å². The van der Waals surface area contributed by atoms with Gasteiger partial charge in [-0.25, -0.2) is 8.78 Å². The van der Waals surface area contributed by atoms with E-state index >= 15 is 0 Å². The molecule has 2 atom stereocenters. The highest BCUT2D eigenvalue weighted by Gasteiger charge is 2.37. The molecule has 0 saturated carbocycles. The summed E-state index contributed by atoms with van der Waals surface area (Å²) in [5, 5.41) is 20.3. The molecule has 1 saturated heterocycles. The minimum Gasteiger partial charge on any atom is -0.394 e. The molecule has 7 heteroatoms. The summed E-state index contributed by atoms with van der Waals surface area (Å²) < 4.78 is 27.2. The van der Waals surface area contributed by atoms with Gasteiger partial charge in [0, 0.05) is 12.6 Å². The number of nitro groups is 1. The van der Waals surface area contributed by atoms with E-state index in [1.54, 1.807) is 0 Å². The molecule has 5 nitrogen and oxygen atoms in total. The summed E-state index contributed by atoms with van der Waals surface area (Å²) in [6.45, 7) is 1.96. The van der Waals surface area contributed by atoms with Crippen LogP contribution in [0.5, 0.6) is 0 Å². The molecule has 1 aliphatic heterocycles. The monoisotopic (exact) mass is 272 g/mol. The van der Waals surface area contributed by atoms with Gasteiger partial charge in [-0.3, -0.25) is 10.1 Å². The summed E-state index contributed by atoms with van der Waals surface area (Å²) in [5.74, 6) is -2.30. The standard InChI is InChI=1S/C12H14F2N2O3/c1-7-4-5-15(10(7)6-17)12-9(16(18)19)3-2-8(13)11(12)14/h2-3,7,10,17H,4-6H2,1H3. The molecule has 0 bridgehead atoms. The van der Waals surface area contributed by atoms with Crippen LogP contribution >= 0.6 is 0 Å². The molecule has 2 unspecified atom stereocenters. The summed E-state index contributed by atoms with van der Waals surface area (Å²) in [7, 11) is 0. The average Bonchev–Trinajstić information content (AvgIpc) is 2.73. The fourth-order valence-corrected chi connectivity index (χ4v) is 2.51. The summed E-state index contributed by atoms with van der Waals surface area (Å²) >= 11 is 0. The third kappa shape index (κ3) is 2.25. The second-order valence-corrected chi connectivity index (χ2v) is 4.70. The van der Waals surface area contributed by atoms with Crippen LogP contribution in [0.25, 0.3) is 0 Å². The molecule has 104 valence electrons. The quantitative estimate of drug-likeness (QED) is 0.675. The second kappa shape index (κ2) is 5.08. The van der Waals surface area contributed by atoms with E-state index in [0.29, 0.717) is 13.0 Å². The van der Waals surface area contributed by atoms with Crippen molar-refractivity contribution in [3.8, 4) is 0 Å². The minimum absolute atomic E-state index is 0.0623. The Bertz CT molecular complexity index is 510. The Labute approximate surface area is 108 Å². The zero-order valence-electron chi connectivity index (χ0n) is 10.3. The Hall–Kier alpha value is -1.76. The van der Waals surface area contributed by atoms with Gasteiger partial charge in [-0.2, -0.15) is 0 Å². The summed E-state index contributed by atoms with van der Waals surface area (Å²) in [6.07, 6.45) is 0.665. The molecule has 0 amide bonds. The second-order valence-electron chi connectivity index (χ2n) is 4.70. The molecule has 1 aliphatic rings. The van der Waals surface area contributed by atoms with Crippen molar-refractivity contribution in [3.63, 3.8) is 0 Å². The van der Waals surface area contributed by atoms with Crippen molar-refractivity contribution in [2.75, 3.05) is 18.1 Å². The summed E-state index contributed by atoms with van der Waals surface area (Å²) in [4.78, 5) is 11.6. The minimum atomic E-state index is -1.23. The molecule has 19 heavy (non-hydrogen) atoms. The van der Waals surface area contributed by atoms with Gasteiger partial charge < -0.3 is 10.0 Å². The first-order chi connectivity index (χ1) is 8.97. The maximum Gasteiger partial charge on any atom is 0.295 e. The Morgan fingerprint density at radius 3 is 2.79 bits per heavy atom. The Balaban J connectivity index is 2.54. The van der Waals surface area contributed by atoms with E-state index in [1.807, 2.05) is 6.92 Å². The van der Waals surface area contributed by atoms with Crippen molar-refractivity contribution in [1.82, 2.24) is 0 Å². The number of anilines is 1. The SMILES string of the molecule is CC1CCN(c2c([N+](=O)[O-])ccc(F)c2F)C1CO. The third-order valence-electron chi connectivity index (χ3n) is 3.60. The lowest BCUT2D eigenvalue weighted by atomic mass is 10.0. The Kier molecular flexibility index (Phi) is 3.66. The highest BCUT2D eigenvalue weighted by atomic mass is 19.2. The van der Waals surface area contributed by atoms with Crippen LogP contribution in [0.2, 0.25) is 0 Å². The van der Waals surface area contributed by atoms with Crippen LogP contribution in [0.15, 0.2) is 12.1 Å². The lowest BCUT2D eigenvalue weighted by molar-refractivity contribution is -0.384. The highest BCUT2D eigenvalue weighted by molar-refractivity contribution is 5.65. The molecule has 0 aromatic heterocycles. The largest absolute Gasteiger partial charge is 0.394 e. The van der Waals surface area contributed by atoms with Gasteiger partial charge in [-0.1, -0.05) is 6.92 Å². The van der Waals surface area contributed by atoms with Crippen molar-refractivity contribution in [3.05, 3.63) is 33.9 Å². The molecule has 2 rings (SSSR count). The number of rotatable bonds is 3. The topological polar surface area (TPSA) is 66.6 Å². The number of halogens is 2. The number of benzene rings is 1. The Morgan fingerprint density at radius 2 is 2.21 bits per heavy atom. The Morgan fingerprint density at radius 1 is 1.53 bits per heavy atom. The van der Waals surface area contributed by atoms with Gasteiger partial charge in [-0.05, 0) is 18.4 Å². The van der Waals surface area contributed by atoms with Crippen LogP contribution in [0.1, 0.15) is 13.3 Å². The van der Waals surface area contributed by atoms with Crippen LogP contribution in [-0.4, -0.2) is 29.2 Å². The van der Waals surface area contributed by atoms with E-state index in [9.17, 15) is 24.0 Å². The smallest absolute Gasteiger partial charge is 0.295 e. The van der Waals surface area contributed by atoms with Gasteiger partial charge in [-0.15, -0.1) is 0 Å². The van der Waals surface area contributed by atoms with Crippen molar-refractivity contribution < 1.29 is 18.8 Å². The summed E-state index contributed by atoms with van der Waals surface area (Å²) in [6, 6.07) is 1.25. The fraction of sp³-hybridized carbons (Fsp3) is 0.500. The maximum atomic E-state index is 13.9. The van der Waals surface area contributed by atoms with Gasteiger partial charge in [0.2, 0.25) is 0 Å². The first-order valence-corrected chi connectivity index (χ1v) is 5.97. The van der Waals surface area contributed by atoms with Crippen molar-refractivity contribution >= 4 is 11.4 Å². The fourth-order valence-electron chi connectivity index (χ4n) is 2.51. The van der Waals surface area contributed by atoms with E-state index in [4.69, 9.17) is 0 Å². The third-order valence-corrected chi connectivity index (χ3v) is 3.60. The highest BCUT2D eigenvalue weighted by Crippen LogP contribution is 2.38. The van der Waals surface area contributed by atoms with Crippen LogP contribution < -0.4 is 4.90 Å². The zero-order chi connectivity index (χ0) is 14.2. The van der Waals surface area contributed by atoms with E-state index in [1.165, 1.54) is 4.90 Å². The number of hydrogen-bond acceptors (Lipinski definition) is 4. The van der Waals surface area contributed by atoms with Gasteiger partial charge in [0.05, 0.1) is 17.6 Å². The molecule has 0 spiro atoms. The molecule has 1 aromatic rings. The molecular formula is C12H14F2N2O3. The molecule has 0 aliphatic carbocycles. The molecule has 0 radical (unpaired) electrons. The lowest BCUT2D eigenvalue weighted by Crippen LogP contribution is -2.36. The van der Waals surface area contributed by atoms with Crippen LogP contribution in [0, 0.1) is 27.7 Å². The van der Waals surface area contributed by atoms with Crippen LogP contribution in [0.4, 0.5) is 20.2 Å². The van der Waals surface area contributed by atoms with Crippen LogP contribution in [0.3, 0.4) is 0 Å². The van der Waals surface area contributed by atoms with E-state index in [0.717, 1.165) is 12.1 Å². The van der Waals surface area contributed by atoms with Gasteiger partial charge in [0.25, 0.3) is 5.69 Å². The summed E-state index contributed by atoms with van der Waals surface area (Å²) in [5.41, 5.74) is -0.847. The first-order valence-electron chi connectivity index (χ1n) is 5.97. The van der Waals surface area contributed by atoms with Gasteiger partial charge in [0.1, 0.15) is 0 Å². The average molecular weight is 272 g/mol. The van der Waals surface area contributed by atoms with Gasteiger partial charge >= 0.3 is 0 Å². The number of hydrogen-bond donors (Lipinski definition) is 1. The predicted molar refractivity (Wildman–Crippen MR) is 65.0 cm³/mol. The molecule has 1 N–H and O–H groups in total. The molecular weight excluding hydrogens is 258 g/mol. The zero-order valence-corrected chi connectivity index (χ0v) is 10.3. The predicted octanol–water partition coefficient (Wildman–Crippen LogP) is 2.08. The number of nitrogens with zero attached hydrogens (tertiary/aromatic N) is 2. The molecule has 1 heterocycles. The van der Waals surface area contributed by atoms with E-state index < -0.39 is 28.3 Å². The van der Waals surface area contributed by atoms with E-state index in [-0.39, 0.29) is 18.2 Å².